The number of fused-ring (bicyclic) bond motifs is 1. The van der Waals surface area contributed by atoms with Crippen molar-refractivity contribution in [3.05, 3.63) is 35.6 Å². The molecule has 0 saturated carbocycles. The summed E-state index contributed by atoms with van der Waals surface area (Å²) in [5.74, 6) is -0.140. The van der Waals surface area contributed by atoms with Gasteiger partial charge in [-0.25, -0.2) is 4.98 Å². The van der Waals surface area contributed by atoms with Gasteiger partial charge in [-0.05, 0) is 19.1 Å². The standard InChI is InChI=1S/C12H11N5OS/c1-8-15-16-12(19-8)14-11(18)6-17-7-13-9-4-2-3-5-10(9)17/h2-5,7H,6H2,1H3,(H,14,16,18). The highest BCUT2D eigenvalue weighted by Crippen LogP contribution is 2.15. The number of imidazole rings is 1. The quantitative estimate of drug-likeness (QED) is 0.790. The third-order valence-corrected chi connectivity index (χ3v) is 3.37. The molecule has 0 unspecified atom stereocenters. The smallest absolute Gasteiger partial charge is 0.246 e. The predicted molar refractivity (Wildman–Crippen MR) is 73.0 cm³/mol. The molecule has 0 atom stereocenters. The monoisotopic (exact) mass is 273 g/mol. The number of anilines is 1. The van der Waals surface area contributed by atoms with Crippen molar-refractivity contribution in [3.63, 3.8) is 0 Å². The molecule has 0 bridgehead atoms. The van der Waals surface area contributed by atoms with Crippen molar-refractivity contribution in [2.45, 2.75) is 13.5 Å². The first-order valence-corrected chi connectivity index (χ1v) is 6.54. The van der Waals surface area contributed by atoms with Crippen molar-refractivity contribution >= 4 is 33.4 Å². The van der Waals surface area contributed by atoms with Gasteiger partial charge in [-0.2, -0.15) is 0 Å². The number of amides is 1. The summed E-state index contributed by atoms with van der Waals surface area (Å²) >= 11 is 1.35. The van der Waals surface area contributed by atoms with E-state index in [1.54, 1.807) is 10.9 Å². The zero-order chi connectivity index (χ0) is 13.2. The van der Waals surface area contributed by atoms with Crippen molar-refractivity contribution < 1.29 is 4.79 Å². The Morgan fingerprint density at radius 2 is 2.21 bits per heavy atom. The third-order valence-electron chi connectivity index (χ3n) is 2.61. The van der Waals surface area contributed by atoms with Crippen LogP contribution in [0.3, 0.4) is 0 Å². The van der Waals surface area contributed by atoms with E-state index in [0.29, 0.717) is 5.13 Å². The van der Waals surface area contributed by atoms with Crippen LogP contribution in [0, 0.1) is 6.92 Å². The zero-order valence-corrected chi connectivity index (χ0v) is 11.0. The molecule has 0 aliphatic heterocycles. The van der Waals surface area contributed by atoms with Gasteiger partial charge in [0, 0.05) is 0 Å². The van der Waals surface area contributed by atoms with Crippen LogP contribution >= 0.6 is 11.3 Å². The number of carbonyl (C=O) groups excluding carboxylic acids is 1. The molecule has 1 aromatic carbocycles. The van der Waals surface area contributed by atoms with E-state index < -0.39 is 0 Å². The van der Waals surface area contributed by atoms with Crippen LogP contribution in [0.5, 0.6) is 0 Å². The fourth-order valence-electron chi connectivity index (χ4n) is 1.80. The van der Waals surface area contributed by atoms with Crippen LogP contribution in [-0.2, 0) is 11.3 Å². The normalized spacial score (nSPS) is 10.8. The van der Waals surface area contributed by atoms with Gasteiger partial charge in [0.2, 0.25) is 11.0 Å². The third kappa shape index (κ3) is 2.45. The maximum atomic E-state index is 11.9. The first-order valence-electron chi connectivity index (χ1n) is 5.72. The van der Waals surface area contributed by atoms with Gasteiger partial charge in [0.25, 0.3) is 0 Å². The Morgan fingerprint density at radius 3 is 3.00 bits per heavy atom. The summed E-state index contributed by atoms with van der Waals surface area (Å²) in [6.45, 7) is 2.05. The van der Waals surface area contributed by atoms with Gasteiger partial charge in [-0.1, -0.05) is 23.5 Å². The molecule has 0 aliphatic rings. The molecule has 0 radical (unpaired) electrons. The van der Waals surface area contributed by atoms with E-state index >= 15 is 0 Å². The van der Waals surface area contributed by atoms with Crippen LogP contribution in [0.4, 0.5) is 5.13 Å². The van der Waals surface area contributed by atoms with Crippen LogP contribution in [0.1, 0.15) is 5.01 Å². The first kappa shape index (κ1) is 11.8. The van der Waals surface area contributed by atoms with Crippen LogP contribution in [0.15, 0.2) is 30.6 Å². The molecule has 0 fully saturated rings. The molecule has 2 aromatic heterocycles. The second-order valence-corrected chi connectivity index (χ2v) is 5.22. The van der Waals surface area contributed by atoms with Crippen molar-refractivity contribution in [3.8, 4) is 0 Å². The van der Waals surface area contributed by atoms with Crippen molar-refractivity contribution in [1.82, 2.24) is 19.7 Å². The number of aromatic nitrogens is 4. The Hall–Kier alpha value is -2.28. The van der Waals surface area contributed by atoms with Crippen molar-refractivity contribution in [2.75, 3.05) is 5.32 Å². The Kier molecular flexibility index (Phi) is 2.96. The number of hydrogen-bond donors (Lipinski definition) is 1. The fourth-order valence-corrected chi connectivity index (χ4v) is 2.40. The summed E-state index contributed by atoms with van der Waals surface area (Å²) in [6, 6.07) is 7.69. The highest BCUT2D eigenvalue weighted by molar-refractivity contribution is 7.15. The van der Waals surface area contributed by atoms with Crippen LogP contribution < -0.4 is 5.32 Å². The van der Waals surface area contributed by atoms with Gasteiger partial charge in [-0.15, -0.1) is 10.2 Å². The van der Waals surface area contributed by atoms with E-state index in [1.165, 1.54) is 11.3 Å². The van der Waals surface area contributed by atoms with Gasteiger partial charge in [0.15, 0.2) is 0 Å². The molecule has 7 heteroatoms. The van der Waals surface area contributed by atoms with Crippen LogP contribution in [0.2, 0.25) is 0 Å². The average Bonchev–Trinajstić information content (AvgIpc) is 2.97. The maximum Gasteiger partial charge on any atom is 0.246 e. The molecule has 1 N–H and O–H groups in total. The maximum absolute atomic E-state index is 11.9. The Morgan fingerprint density at radius 1 is 1.37 bits per heavy atom. The second-order valence-electron chi connectivity index (χ2n) is 4.04. The van der Waals surface area contributed by atoms with Gasteiger partial charge in [0.05, 0.1) is 17.4 Å². The lowest BCUT2D eigenvalue weighted by atomic mass is 10.3. The molecule has 0 aliphatic carbocycles. The summed E-state index contributed by atoms with van der Waals surface area (Å²) in [5.41, 5.74) is 1.81. The number of para-hydroxylation sites is 2. The Balaban J connectivity index is 1.76. The van der Waals surface area contributed by atoms with Gasteiger partial charge in [0.1, 0.15) is 11.6 Å². The van der Waals surface area contributed by atoms with E-state index in [4.69, 9.17) is 0 Å². The molecule has 0 spiro atoms. The topological polar surface area (TPSA) is 72.7 Å². The lowest BCUT2D eigenvalue weighted by Crippen LogP contribution is -2.18. The van der Waals surface area contributed by atoms with E-state index in [2.05, 4.69) is 20.5 Å². The SMILES string of the molecule is Cc1nnc(NC(=O)Cn2cnc3ccccc32)s1. The molecule has 6 nitrogen and oxygen atoms in total. The fraction of sp³-hybridized carbons (Fsp3) is 0.167. The first-order chi connectivity index (χ1) is 9.22. The molecular formula is C12H11N5OS. The molecule has 1 amide bonds. The molecule has 3 aromatic rings. The highest BCUT2D eigenvalue weighted by atomic mass is 32.1. The Labute approximate surface area is 113 Å². The number of nitrogens with one attached hydrogen (secondary N) is 1. The van der Waals surface area contributed by atoms with Crippen molar-refractivity contribution in [1.29, 1.82) is 0 Å². The molecule has 96 valence electrons. The van der Waals surface area contributed by atoms with E-state index in [0.717, 1.165) is 16.0 Å². The number of aryl methyl sites for hydroxylation is 1. The predicted octanol–water partition coefficient (Wildman–Crippen LogP) is 1.83. The van der Waals surface area contributed by atoms with E-state index in [1.807, 2.05) is 31.2 Å². The summed E-state index contributed by atoms with van der Waals surface area (Å²) in [7, 11) is 0. The number of nitrogens with zero attached hydrogens (tertiary/aromatic N) is 4. The van der Waals surface area contributed by atoms with E-state index in [-0.39, 0.29) is 12.5 Å². The number of rotatable bonds is 3. The average molecular weight is 273 g/mol. The molecule has 0 saturated heterocycles. The Bertz CT molecular complexity index is 732. The molecule has 3 rings (SSSR count). The largest absolute Gasteiger partial charge is 0.321 e. The minimum Gasteiger partial charge on any atom is -0.321 e. The lowest BCUT2D eigenvalue weighted by Gasteiger charge is -2.03. The van der Waals surface area contributed by atoms with Crippen LogP contribution in [-0.4, -0.2) is 25.7 Å². The number of benzene rings is 1. The summed E-state index contributed by atoms with van der Waals surface area (Å²) in [4.78, 5) is 16.2. The second kappa shape index (κ2) is 4.77. The summed E-state index contributed by atoms with van der Waals surface area (Å²) in [5, 5.41) is 11.8. The van der Waals surface area contributed by atoms with Gasteiger partial charge in [-0.3, -0.25) is 10.1 Å². The summed E-state index contributed by atoms with van der Waals surface area (Å²) in [6.07, 6.45) is 1.66. The lowest BCUT2D eigenvalue weighted by molar-refractivity contribution is -0.116. The molecule has 19 heavy (non-hydrogen) atoms. The van der Waals surface area contributed by atoms with Crippen LogP contribution in [0.25, 0.3) is 11.0 Å². The molecule has 2 heterocycles. The van der Waals surface area contributed by atoms with Gasteiger partial charge < -0.3 is 4.57 Å². The molecular weight excluding hydrogens is 262 g/mol. The number of hydrogen-bond acceptors (Lipinski definition) is 5. The number of carbonyl (C=O) groups is 1. The highest BCUT2D eigenvalue weighted by Gasteiger charge is 2.09. The van der Waals surface area contributed by atoms with Gasteiger partial charge >= 0.3 is 0 Å². The minimum absolute atomic E-state index is 0.140. The van der Waals surface area contributed by atoms with Crippen molar-refractivity contribution in [2.24, 2.45) is 0 Å². The van der Waals surface area contributed by atoms with E-state index in [9.17, 15) is 4.79 Å². The minimum atomic E-state index is -0.140. The summed E-state index contributed by atoms with van der Waals surface area (Å²) < 4.78 is 1.80. The zero-order valence-electron chi connectivity index (χ0n) is 10.2.